The Labute approximate surface area is 125 Å². The number of benzene rings is 2. The maximum absolute atomic E-state index is 10.1. The van der Waals surface area contributed by atoms with Crippen LogP contribution in [0.15, 0.2) is 24.3 Å². The van der Waals surface area contributed by atoms with Crippen LogP contribution in [-0.2, 0) is 0 Å². The molecule has 0 unspecified atom stereocenters. The van der Waals surface area contributed by atoms with Gasteiger partial charge in [0.25, 0.3) is 0 Å². The predicted octanol–water partition coefficient (Wildman–Crippen LogP) is 4.13. The molecule has 114 valence electrons. The fourth-order valence-corrected chi connectivity index (χ4v) is 2.23. The van der Waals surface area contributed by atoms with Gasteiger partial charge in [-0.25, -0.2) is 0 Å². The molecular weight excluding hydrogens is 268 g/mol. The quantitative estimate of drug-likeness (QED) is 0.899. The highest BCUT2D eigenvalue weighted by atomic mass is 16.5. The predicted molar refractivity (Wildman–Crippen MR) is 83.7 cm³/mol. The summed E-state index contributed by atoms with van der Waals surface area (Å²) in [5.74, 6) is 2.11. The molecule has 0 bridgehead atoms. The summed E-state index contributed by atoms with van der Waals surface area (Å²) < 4.78 is 17.0. The highest BCUT2D eigenvalue weighted by Gasteiger charge is 2.15. The normalized spacial score (nSPS) is 11.2. The first-order valence-corrected chi connectivity index (χ1v) is 7.09. The zero-order valence-electron chi connectivity index (χ0n) is 13.1. The molecule has 0 aromatic heterocycles. The van der Waals surface area contributed by atoms with Gasteiger partial charge >= 0.3 is 0 Å². The molecule has 4 nitrogen and oxygen atoms in total. The second-order valence-electron chi connectivity index (χ2n) is 5.46. The van der Waals surface area contributed by atoms with Crippen LogP contribution in [0.1, 0.15) is 27.7 Å². The lowest BCUT2D eigenvalue weighted by Crippen LogP contribution is -2.07. The van der Waals surface area contributed by atoms with Gasteiger partial charge in [0.2, 0.25) is 0 Å². The molecule has 0 aliphatic carbocycles. The van der Waals surface area contributed by atoms with Crippen molar-refractivity contribution in [2.45, 2.75) is 39.9 Å². The molecule has 0 spiro atoms. The monoisotopic (exact) mass is 290 g/mol. The number of aromatic hydroxyl groups is 1. The summed E-state index contributed by atoms with van der Waals surface area (Å²) in [5.41, 5.74) is 0. The van der Waals surface area contributed by atoms with Gasteiger partial charge in [-0.1, -0.05) is 0 Å². The fourth-order valence-electron chi connectivity index (χ4n) is 2.23. The molecule has 0 heterocycles. The van der Waals surface area contributed by atoms with E-state index in [1.807, 2.05) is 33.8 Å². The van der Waals surface area contributed by atoms with Crippen molar-refractivity contribution < 1.29 is 19.3 Å². The molecule has 0 amide bonds. The van der Waals surface area contributed by atoms with E-state index in [0.29, 0.717) is 22.6 Å². The molecule has 0 atom stereocenters. The van der Waals surface area contributed by atoms with Crippen molar-refractivity contribution >= 4 is 10.8 Å². The number of hydrogen-bond donors (Lipinski definition) is 1. The van der Waals surface area contributed by atoms with E-state index in [4.69, 9.17) is 14.2 Å². The Bertz CT molecular complexity index is 632. The zero-order valence-corrected chi connectivity index (χ0v) is 13.1. The van der Waals surface area contributed by atoms with Crippen LogP contribution < -0.4 is 14.2 Å². The first kappa shape index (κ1) is 15.3. The molecule has 0 aliphatic heterocycles. The molecule has 0 aliphatic rings. The van der Waals surface area contributed by atoms with Crippen molar-refractivity contribution in [2.24, 2.45) is 0 Å². The van der Waals surface area contributed by atoms with Gasteiger partial charge in [-0.15, -0.1) is 0 Å². The molecule has 4 heteroatoms. The van der Waals surface area contributed by atoms with Crippen LogP contribution in [0.5, 0.6) is 23.0 Å². The third kappa shape index (κ3) is 3.32. The molecule has 1 N–H and O–H groups in total. The largest absolute Gasteiger partial charge is 0.507 e. The molecule has 2 aromatic carbocycles. The van der Waals surface area contributed by atoms with Gasteiger partial charge < -0.3 is 19.3 Å². The van der Waals surface area contributed by atoms with Crippen molar-refractivity contribution in [2.75, 3.05) is 7.11 Å². The molecular formula is C17H22O4. The molecule has 2 aromatic rings. The Morgan fingerprint density at radius 1 is 0.905 bits per heavy atom. The van der Waals surface area contributed by atoms with E-state index in [9.17, 15) is 5.11 Å². The second-order valence-corrected chi connectivity index (χ2v) is 5.46. The van der Waals surface area contributed by atoms with Gasteiger partial charge in [0.05, 0.1) is 24.7 Å². The maximum atomic E-state index is 10.1. The van der Waals surface area contributed by atoms with E-state index in [2.05, 4.69) is 0 Å². The third-order valence-electron chi connectivity index (χ3n) is 2.94. The Kier molecular flexibility index (Phi) is 4.46. The standard InChI is InChI=1S/C17H22O4/c1-10(2)20-12-8-13-15(21-11(3)4)7-6-14(18)17(13)16(9-12)19-5/h6-11,18H,1-5H3. The summed E-state index contributed by atoms with van der Waals surface area (Å²) in [7, 11) is 1.57. The number of phenols is 1. The average Bonchev–Trinajstić information content (AvgIpc) is 2.40. The van der Waals surface area contributed by atoms with Crippen molar-refractivity contribution in [1.29, 1.82) is 0 Å². The van der Waals surface area contributed by atoms with E-state index >= 15 is 0 Å². The number of fused-ring (bicyclic) bond motifs is 1. The minimum absolute atomic E-state index is 0.0402. The van der Waals surface area contributed by atoms with Gasteiger partial charge in [0.1, 0.15) is 23.0 Å². The molecule has 0 fully saturated rings. The Balaban J connectivity index is 2.68. The zero-order chi connectivity index (χ0) is 15.6. The highest BCUT2D eigenvalue weighted by molar-refractivity contribution is 5.98. The van der Waals surface area contributed by atoms with E-state index in [1.165, 1.54) is 0 Å². The lowest BCUT2D eigenvalue weighted by Gasteiger charge is -2.17. The SMILES string of the molecule is COc1cc(OC(C)C)cc2c(OC(C)C)ccc(O)c12. The van der Waals surface area contributed by atoms with Crippen molar-refractivity contribution in [3.05, 3.63) is 24.3 Å². The van der Waals surface area contributed by atoms with E-state index in [1.54, 1.807) is 25.3 Å². The Hall–Kier alpha value is -2.10. The molecule has 2 rings (SSSR count). The van der Waals surface area contributed by atoms with E-state index in [0.717, 1.165) is 5.39 Å². The van der Waals surface area contributed by atoms with Crippen LogP contribution in [-0.4, -0.2) is 24.4 Å². The molecule has 21 heavy (non-hydrogen) atoms. The first-order chi connectivity index (χ1) is 9.92. The highest BCUT2D eigenvalue weighted by Crippen LogP contribution is 2.41. The average molecular weight is 290 g/mol. The summed E-state index contributed by atoms with van der Waals surface area (Å²) in [4.78, 5) is 0. The van der Waals surface area contributed by atoms with Crippen LogP contribution in [0.25, 0.3) is 10.8 Å². The fraction of sp³-hybridized carbons (Fsp3) is 0.412. The summed E-state index contributed by atoms with van der Waals surface area (Å²) >= 11 is 0. The lowest BCUT2D eigenvalue weighted by molar-refractivity contribution is 0.239. The van der Waals surface area contributed by atoms with Gasteiger partial charge in [-0.3, -0.25) is 0 Å². The van der Waals surface area contributed by atoms with Gasteiger partial charge in [0.15, 0.2) is 0 Å². The first-order valence-electron chi connectivity index (χ1n) is 7.09. The minimum Gasteiger partial charge on any atom is -0.507 e. The Morgan fingerprint density at radius 2 is 1.57 bits per heavy atom. The van der Waals surface area contributed by atoms with Crippen molar-refractivity contribution in [1.82, 2.24) is 0 Å². The summed E-state index contributed by atoms with van der Waals surface area (Å²) in [5, 5.41) is 11.5. The molecule has 0 saturated heterocycles. The minimum atomic E-state index is 0.0402. The van der Waals surface area contributed by atoms with Crippen LogP contribution in [0.4, 0.5) is 0 Å². The van der Waals surface area contributed by atoms with Gasteiger partial charge in [-0.05, 0) is 45.9 Å². The van der Waals surface area contributed by atoms with Crippen LogP contribution >= 0.6 is 0 Å². The number of phenolic OH excluding ortho intramolecular Hbond substituents is 1. The topological polar surface area (TPSA) is 47.9 Å². The third-order valence-corrected chi connectivity index (χ3v) is 2.94. The smallest absolute Gasteiger partial charge is 0.134 e. The van der Waals surface area contributed by atoms with Gasteiger partial charge in [-0.2, -0.15) is 0 Å². The lowest BCUT2D eigenvalue weighted by atomic mass is 10.1. The van der Waals surface area contributed by atoms with Gasteiger partial charge in [0, 0.05) is 11.5 Å². The molecule has 0 radical (unpaired) electrons. The van der Waals surface area contributed by atoms with Crippen molar-refractivity contribution in [3.8, 4) is 23.0 Å². The molecule has 0 saturated carbocycles. The van der Waals surface area contributed by atoms with E-state index in [-0.39, 0.29) is 18.0 Å². The van der Waals surface area contributed by atoms with Crippen LogP contribution in [0.2, 0.25) is 0 Å². The second kappa shape index (κ2) is 6.12. The van der Waals surface area contributed by atoms with Crippen molar-refractivity contribution in [3.63, 3.8) is 0 Å². The van der Waals surface area contributed by atoms with Crippen LogP contribution in [0.3, 0.4) is 0 Å². The number of ether oxygens (including phenoxy) is 3. The van der Waals surface area contributed by atoms with E-state index < -0.39 is 0 Å². The summed E-state index contributed by atoms with van der Waals surface area (Å²) in [6, 6.07) is 7.03. The summed E-state index contributed by atoms with van der Waals surface area (Å²) in [6.07, 6.45) is 0.0948. The number of methoxy groups -OCH3 is 1. The number of rotatable bonds is 5. The Morgan fingerprint density at radius 3 is 2.14 bits per heavy atom. The van der Waals surface area contributed by atoms with Crippen LogP contribution in [0, 0.1) is 0 Å². The maximum Gasteiger partial charge on any atom is 0.134 e. The number of hydrogen-bond acceptors (Lipinski definition) is 4. The summed E-state index contributed by atoms with van der Waals surface area (Å²) in [6.45, 7) is 7.85.